The van der Waals surface area contributed by atoms with E-state index in [9.17, 15) is 38.4 Å². The highest BCUT2D eigenvalue weighted by atomic mass is 79.9. The molecule has 8 atom stereocenters. The molecule has 0 aromatic heterocycles. The zero-order valence-corrected chi connectivity index (χ0v) is 35.4. The summed E-state index contributed by atoms with van der Waals surface area (Å²) in [5.74, 6) is -6.62. The fourth-order valence-electron chi connectivity index (χ4n) is 4.54. The van der Waals surface area contributed by atoms with Gasteiger partial charge in [-0.15, -0.1) is 0 Å². The molecule has 0 radical (unpaired) electrons. The maximum absolute atomic E-state index is 12.5. The number of esters is 6. The Labute approximate surface area is 330 Å². The van der Waals surface area contributed by atoms with Gasteiger partial charge in [-0.1, -0.05) is 43.6 Å². The van der Waals surface area contributed by atoms with Crippen LogP contribution in [-0.2, 0) is 66.7 Å². The van der Waals surface area contributed by atoms with Crippen LogP contribution in [0.3, 0.4) is 0 Å². The molecule has 55 heavy (non-hydrogen) atoms. The van der Waals surface area contributed by atoms with Crippen molar-refractivity contribution in [3.63, 3.8) is 0 Å². The Morgan fingerprint density at radius 3 is 1.38 bits per heavy atom. The predicted molar refractivity (Wildman–Crippen MR) is 195 cm³/mol. The molecule has 2 fully saturated rings. The number of hydrogen-bond donors (Lipinski definition) is 2. The van der Waals surface area contributed by atoms with Gasteiger partial charge in [-0.05, 0) is 62.3 Å². The van der Waals surface area contributed by atoms with Gasteiger partial charge in [-0.3, -0.25) is 19.2 Å². The number of rotatable bonds is 7. The summed E-state index contributed by atoms with van der Waals surface area (Å²) in [4.78, 5) is 97.4. The Kier molecular flexibility index (Phi) is 18.9. The molecule has 0 bridgehead atoms. The number of carbonyl (C=O) groups excluding carboxylic acids is 8. The molecule has 18 nitrogen and oxygen atoms in total. The van der Waals surface area contributed by atoms with Gasteiger partial charge in [0.05, 0.1) is 17.8 Å². The van der Waals surface area contributed by atoms with E-state index in [1.165, 1.54) is 20.8 Å². The molecular formula is C36H57BrN2O16. The van der Waals surface area contributed by atoms with E-state index in [2.05, 4.69) is 26.6 Å². The van der Waals surface area contributed by atoms with Gasteiger partial charge < -0.3 is 48.5 Å². The van der Waals surface area contributed by atoms with Gasteiger partial charge in [0.1, 0.15) is 42.5 Å². The van der Waals surface area contributed by atoms with Crippen molar-refractivity contribution in [3.05, 3.63) is 0 Å². The molecule has 314 valence electrons. The molecule has 2 aliphatic heterocycles. The number of hydrogen-bond acceptors (Lipinski definition) is 16. The molecule has 2 amide bonds. The molecule has 0 aromatic rings. The maximum atomic E-state index is 12.5. The second-order valence-corrected chi connectivity index (χ2v) is 16.3. The van der Waals surface area contributed by atoms with Gasteiger partial charge >= 0.3 is 48.0 Å². The molecule has 0 spiro atoms. The zero-order valence-electron chi connectivity index (χ0n) is 33.8. The van der Waals surface area contributed by atoms with Gasteiger partial charge in [0, 0.05) is 5.33 Å². The predicted octanol–water partition coefficient (Wildman–Crippen LogP) is 3.52. The number of nitrogens with one attached hydrogen (secondary N) is 2. The fraction of sp³-hybridized carbons (Fsp3) is 0.778. The molecule has 2 rings (SSSR count). The van der Waals surface area contributed by atoms with Gasteiger partial charge in [0.15, 0.2) is 24.3 Å². The minimum Gasteiger partial charge on any atom is -0.463 e. The maximum Gasteiger partial charge on any atom is 0.408 e. The third-order valence-electron chi connectivity index (χ3n) is 7.44. The van der Waals surface area contributed by atoms with Gasteiger partial charge in [-0.25, -0.2) is 19.2 Å². The lowest BCUT2D eigenvalue weighted by molar-refractivity contribution is -0.175. The summed E-state index contributed by atoms with van der Waals surface area (Å²) < 4.78 is 41.9. The monoisotopic (exact) mass is 852 g/mol. The molecule has 2 heterocycles. The van der Waals surface area contributed by atoms with Gasteiger partial charge in [0.25, 0.3) is 0 Å². The van der Waals surface area contributed by atoms with Crippen molar-refractivity contribution in [2.24, 2.45) is 23.7 Å². The molecule has 0 unspecified atom stereocenters. The summed E-state index contributed by atoms with van der Waals surface area (Å²) in [6.07, 6.45) is -5.58. The molecule has 2 saturated heterocycles. The summed E-state index contributed by atoms with van der Waals surface area (Å²) in [5, 5.41) is 4.80. The van der Waals surface area contributed by atoms with Gasteiger partial charge in [-0.2, -0.15) is 0 Å². The largest absolute Gasteiger partial charge is 0.463 e. The van der Waals surface area contributed by atoms with Crippen molar-refractivity contribution < 1.29 is 76.3 Å². The Morgan fingerprint density at radius 2 is 1.02 bits per heavy atom. The summed E-state index contributed by atoms with van der Waals surface area (Å²) in [5.41, 5.74) is -1.53. The average Bonchev–Trinajstić information content (AvgIpc) is 3.09. The topological polar surface area (TPSA) is 234 Å². The van der Waals surface area contributed by atoms with E-state index >= 15 is 0 Å². The lowest BCUT2D eigenvalue weighted by atomic mass is 10.00. The van der Waals surface area contributed by atoms with E-state index in [0.717, 1.165) is 0 Å². The van der Waals surface area contributed by atoms with Crippen molar-refractivity contribution >= 4 is 63.9 Å². The Morgan fingerprint density at radius 1 is 0.655 bits per heavy atom. The van der Waals surface area contributed by atoms with Crippen molar-refractivity contribution in [1.82, 2.24) is 10.6 Å². The van der Waals surface area contributed by atoms with Crippen LogP contribution in [0, 0.1) is 23.7 Å². The highest BCUT2D eigenvalue weighted by Crippen LogP contribution is 2.24. The quantitative estimate of drug-likeness (QED) is 0.212. The first-order valence-corrected chi connectivity index (χ1v) is 19.0. The molecule has 0 aromatic carbocycles. The van der Waals surface area contributed by atoms with Crippen molar-refractivity contribution in [2.45, 2.75) is 138 Å². The number of carbonyl (C=O) groups is 8. The fourth-order valence-corrected chi connectivity index (χ4v) is 5.17. The second kappa shape index (κ2) is 21.2. The van der Waals surface area contributed by atoms with E-state index in [0.29, 0.717) is 0 Å². The van der Waals surface area contributed by atoms with Crippen LogP contribution in [0.2, 0.25) is 0 Å². The third-order valence-corrected chi connectivity index (χ3v) is 8.14. The van der Waals surface area contributed by atoms with Crippen molar-refractivity contribution in [1.29, 1.82) is 0 Å². The first kappa shape index (κ1) is 48.9. The van der Waals surface area contributed by atoms with E-state index < -0.39 is 133 Å². The van der Waals surface area contributed by atoms with Crippen LogP contribution < -0.4 is 10.6 Å². The molecular weight excluding hydrogens is 796 g/mol. The number of cyclic esters (lactones) is 4. The van der Waals surface area contributed by atoms with Crippen LogP contribution in [-0.4, -0.2) is 114 Å². The molecule has 19 heteroatoms. The van der Waals surface area contributed by atoms with Crippen LogP contribution >= 0.6 is 15.9 Å². The van der Waals surface area contributed by atoms with E-state index in [4.69, 9.17) is 37.9 Å². The van der Waals surface area contributed by atoms with Crippen molar-refractivity contribution in [2.75, 3.05) is 18.5 Å². The molecule has 0 aliphatic carbocycles. The number of alkyl halides is 1. The first-order valence-electron chi connectivity index (χ1n) is 17.9. The Hall–Kier alpha value is -4.16. The van der Waals surface area contributed by atoms with Gasteiger partial charge in [0.2, 0.25) is 0 Å². The summed E-state index contributed by atoms with van der Waals surface area (Å²) in [6, 6.07) is -2.49. The summed E-state index contributed by atoms with van der Waals surface area (Å²) in [7, 11) is 0. The highest BCUT2D eigenvalue weighted by molar-refractivity contribution is 9.09. The van der Waals surface area contributed by atoms with E-state index in [-0.39, 0.29) is 5.33 Å². The molecule has 2 aliphatic rings. The standard InChI is InChI=1S/C18H28BrNO8.C18H29NO8/c1-9(2)14(21)27-13-10(3)26-16(23)12(8-25-15(22)11(13)7-19)20-17(24)28-18(4,5)6;1-9(2)14(20)26-13-10(3)15(21)24-8-12(16(22)25-11(13)4)19-17(23)27-18(5,6)7/h9-13H,7-8H2,1-6H3,(H,20,24);9-13H,8H2,1-7H3,(H,19,23)/t10-,11+,12-,13-;10-,11+,12+,13-/m01/s1. The lowest BCUT2D eigenvalue weighted by Crippen LogP contribution is -2.48. The number of amides is 2. The lowest BCUT2D eigenvalue weighted by Gasteiger charge is -2.28. The highest BCUT2D eigenvalue weighted by Gasteiger charge is 2.43. The Bertz CT molecular complexity index is 1390. The van der Waals surface area contributed by atoms with Crippen LogP contribution in [0.1, 0.15) is 90.0 Å². The van der Waals surface area contributed by atoms with Crippen molar-refractivity contribution in [3.8, 4) is 0 Å². The second-order valence-electron chi connectivity index (χ2n) is 15.6. The van der Waals surface area contributed by atoms with E-state index in [1.54, 1.807) is 69.2 Å². The number of alkyl carbamates (subject to hydrolysis) is 2. The average molecular weight is 854 g/mol. The summed E-state index contributed by atoms with van der Waals surface area (Å²) >= 11 is 3.21. The minimum atomic E-state index is -1.25. The minimum absolute atomic E-state index is 0.133. The van der Waals surface area contributed by atoms with Crippen LogP contribution in [0.25, 0.3) is 0 Å². The number of ether oxygens (including phenoxy) is 8. The third kappa shape index (κ3) is 17.0. The van der Waals surface area contributed by atoms with Crippen LogP contribution in [0.4, 0.5) is 9.59 Å². The normalized spacial score (nSPS) is 26.5. The Balaban J connectivity index is 0.000000550. The number of halogens is 1. The SMILES string of the molecule is CC(C)C(=O)O[C@H]1[C@H](C)OC(=O)[C@@H](NC(=O)OC(C)(C)C)COC(=O)[C@@H]1C.CC(C)C(=O)O[C@H]1[C@H](C)OC(=O)[C@@H](NC(=O)OC(C)(C)C)COC(=O)[C@@H]1CBr. The van der Waals surface area contributed by atoms with Crippen LogP contribution in [0.5, 0.6) is 0 Å². The molecule has 0 saturated carbocycles. The van der Waals surface area contributed by atoms with E-state index in [1.807, 2.05) is 0 Å². The first-order chi connectivity index (χ1) is 25.2. The van der Waals surface area contributed by atoms with Crippen LogP contribution in [0.15, 0.2) is 0 Å². The molecule has 2 N–H and O–H groups in total. The summed E-state index contributed by atoms with van der Waals surface area (Å²) in [6.45, 7) is 20.3. The zero-order chi connectivity index (χ0) is 42.6. The smallest absolute Gasteiger partial charge is 0.408 e.